The third-order valence-corrected chi connectivity index (χ3v) is 9.96. The summed E-state index contributed by atoms with van der Waals surface area (Å²) in [5.74, 6) is 0.425. The second kappa shape index (κ2) is 8.90. The first-order valence-electron chi connectivity index (χ1n) is 9.49. The zero-order chi connectivity index (χ0) is 20.9. The Morgan fingerprint density at radius 1 is 0.931 bits per heavy atom. The predicted molar refractivity (Wildman–Crippen MR) is 121 cm³/mol. The van der Waals surface area contributed by atoms with Gasteiger partial charge in [0.15, 0.2) is 0 Å². The summed E-state index contributed by atoms with van der Waals surface area (Å²) >= 11 is 5.85. The number of benzene rings is 2. The molecule has 0 aliphatic heterocycles. The van der Waals surface area contributed by atoms with Crippen molar-refractivity contribution in [3.8, 4) is 0 Å². The molecular formula is C21H26ClN5OSi. The molecule has 0 bridgehead atoms. The van der Waals surface area contributed by atoms with Gasteiger partial charge in [-0.25, -0.2) is 0 Å². The lowest BCUT2D eigenvalue weighted by Gasteiger charge is -2.43. The van der Waals surface area contributed by atoms with Crippen molar-refractivity contribution in [2.45, 2.75) is 25.8 Å². The highest BCUT2D eigenvalue weighted by Crippen LogP contribution is 2.36. The van der Waals surface area contributed by atoms with Crippen LogP contribution in [-0.2, 0) is 4.43 Å². The Morgan fingerprint density at radius 3 is 1.97 bits per heavy atom. The maximum absolute atomic E-state index is 6.79. The van der Waals surface area contributed by atoms with Crippen LogP contribution in [0.25, 0.3) is 0 Å². The minimum Gasteiger partial charge on any atom is -0.406 e. The summed E-state index contributed by atoms with van der Waals surface area (Å²) in [4.78, 5) is 11.9. The van der Waals surface area contributed by atoms with Gasteiger partial charge in [0.05, 0.1) is 6.61 Å². The van der Waals surface area contributed by atoms with Crippen molar-refractivity contribution in [2.24, 2.45) is 0 Å². The summed E-state index contributed by atoms with van der Waals surface area (Å²) in [6, 6.07) is 21.0. The molecule has 6 nitrogen and oxygen atoms in total. The van der Waals surface area contributed by atoms with Crippen molar-refractivity contribution in [2.75, 3.05) is 24.2 Å². The van der Waals surface area contributed by atoms with E-state index in [1.54, 1.807) is 0 Å². The van der Waals surface area contributed by atoms with Crippen LogP contribution in [0.15, 0.2) is 60.7 Å². The second-order valence-electron chi connectivity index (χ2n) is 7.72. The summed E-state index contributed by atoms with van der Waals surface area (Å²) in [6.07, 6.45) is 0. The van der Waals surface area contributed by atoms with Crippen LogP contribution < -0.4 is 21.4 Å². The fraction of sp³-hybridized carbons (Fsp3) is 0.286. The quantitative estimate of drug-likeness (QED) is 0.445. The van der Waals surface area contributed by atoms with E-state index in [2.05, 4.69) is 89.6 Å². The highest BCUT2D eigenvalue weighted by Gasteiger charge is 2.49. The van der Waals surface area contributed by atoms with Crippen molar-refractivity contribution in [1.82, 2.24) is 15.0 Å². The number of hydrogen-bond donors (Lipinski definition) is 2. The van der Waals surface area contributed by atoms with Gasteiger partial charge in [0.25, 0.3) is 8.32 Å². The highest BCUT2D eigenvalue weighted by atomic mass is 35.5. The molecule has 3 rings (SSSR count). The predicted octanol–water partition coefficient (Wildman–Crippen LogP) is 3.10. The number of rotatable bonds is 7. The number of nitrogen functional groups attached to an aromatic ring is 1. The van der Waals surface area contributed by atoms with Gasteiger partial charge >= 0.3 is 0 Å². The molecule has 0 aliphatic carbocycles. The molecular weight excluding hydrogens is 402 g/mol. The summed E-state index contributed by atoms with van der Waals surface area (Å²) < 4.78 is 6.79. The fourth-order valence-electron chi connectivity index (χ4n) is 3.57. The summed E-state index contributed by atoms with van der Waals surface area (Å²) in [7, 11) is -2.55. The highest BCUT2D eigenvalue weighted by molar-refractivity contribution is 6.99. The normalized spacial score (nSPS) is 12.0. The van der Waals surface area contributed by atoms with Crippen molar-refractivity contribution in [3.63, 3.8) is 0 Å². The Bertz CT molecular complexity index is 875. The average molecular weight is 428 g/mol. The minimum atomic E-state index is -2.55. The van der Waals surface area contributed by atoms with Gasteiger partial charge in [-0.3, -0.25) is 0 Å². The van der Waals surface area contributed by atoms with Crippen LogP contribution >= 0.6 is 11.6 Å². The maximum atomic E-state index is 6.79. The molecule has 152 valence electrons. The first-order chi connectivity index (χ1) is 13.8. The molecule has 0 amide bonds. The number of anilines is 2. The van der Waals surface area contributed by atoms with Crippen LogP contribution in [-0.4, -0.2) is 36.4 Å². The molecule has 8 heteroatoms. The molecule has 0 saturated heterocycles. The molecule has 0 fully saturated rings. The monoisotopic (exact) mass is 427 g/mol. The lowest BCUT2D eigenvalue weighted by Crippen LogP contribution is -2.66. The summed E-state index contributed by atoms with van der Waals surface area (Å²) in [6.45, 7) is 7.75. The zero-order valence-corrected chi connectivity index (χ0v) is 18.6. The smallest absolute Gasteiger partial charge is 0.261 e. The van der Waals surface area contributed by atoms with E-state index < -0.39 is 8.32 Å². The van der Waals surface area contributed by atoms with Crippen LogP contribution in [0.1, 0.15) is 20.8 Å². The van der Waals surface area contributed by atoms with Crippen molar-refractivity contribution in [3.05, 3.63) is 65.9 Å². The van der Waals surface area contributed by atoms with E-state index in [0.29, 0.717) is 19.1 Å². The second-order valence-corrected chi connectivity index (χ2v) is 12.4. The Labute approximate surface area is 177 Å². The first kappa shape index (κ1) is 21.2. The molecule has 2 aromatic carbocycles. The van der Waals surface area contributed by atoms with Gasteiger partial charge in [-0.2, -0.15) is 15.0 Å². The Balaban J connectivity index is 1.87. The number of nitrogens with two attached hydrogens (primary N) is 1. The van der Waals surface area contributed by atoms with Gasteiger partial charge < -0.3 is 15.5 Å². The van der Waals surface area contributed by atoms with Crippen LogP contribution in [0.5, 0.6) is 0 Å². The molecule has 0 radical (unpaired) electrons. The third-order valence-electron chi connectivity index (χ3n) is 4.75. The Kier molecular flexibility index (Phi) is 6.51. The van der Waals surface area contributed by atoms with Gasteiger partial charge in [-0.1, -0.05) is 81.4 Å². The number of nitrogens with zero attached hydrogens (tertiary/aromatic N) is 3. The largest absolute Gasteiger partial charge is 0.406 e. The zero-order valence-electron chi connectivity index (χ0n) is 16.9. The molecule has 3 aromatic rings. The summed E-state index contributed by atoms with van der Waals surface area (Å²) in [5.41, 5.74) is 5.63. The van der Waals surface area contributed by atoms with E-state index in [9.17, 15) is 0 Å². The van der Waals surface area contributed by atoms with Gasteiger partial charge in [0.2, 0.25) is 17.2 Å². The molecule has 0 saturated carbocycles. The van der Waals surface area contributed by atoms with E-state index in [-0.39, 0.29) is 16.3 Å². The molecule has 29 heavy (non-hydrogen) atoms. The van der Waals surface area contributed by atoms with Crippen molar-refractivity contribution < 1.29 is 4.43 Å². The van der Waals surface area contributed by atoms with E-state index in [0.717, 1.165) is 0 Å². The lowest BCUT2D eigenvalue weighted by atomic mass is 10.2. The van der Waals surface area contributed by atoms with E-state index in [1.165, 1.54) is 10.4 Å². The Morgan fingerprint density at radius 2 is 1.48 bits per heavy atom. The number of halogens is 1. The fourth-order valence-corrected chi connectivity index (χ4v) is 8.30. The summed E-state index contributed by atoms with van der Waals surface area (Å²) in [5, 5.41) is 5.60. The van der Waals surface area contributed by atoms with Gasteiger partial charge in [-0.15, -0.1) is 0 Å². The number of hydrogen-bond acceptors (Lipinski definition) is 6. The molecule has 1 heterocycles. The minimum absolute atomic E-state index is 0.0629. The molecule has 0 spiro atoms. The SMILES string of the molecule is CC(C)(C)[Si](OCCNc1nc(N)nc(Cl)n1)(c1ccccc1)c1ccccc1. The van der Waals surface area contributed by atoms with Crippen LogP contribution in [0.3, 0.4) is 0 Å². The molecule has 0 atom stereocenters. The standard InChI is InChI=1S/C21H26ClN5OSi/c1-21(2,3)29(16-10-6-4-7-11-16,17-12-8-5-9-13-17)28-15-14-24-20-26-18(22)25-19(23)27-20/h4-13H,14-15H2,1-3H3,(H3,23,24,25,26,27). The molecule has 0 aliphatic rings. The van der Waals surface area contributed by atoms with E-state index in [4.69, 9.17) is 21.8 Å². The van der Waals surface area contributed by atoms with Crippen molar-refractivity contribution >= 4 is 42.2 Å². The number of aromatic nitrogens is 3. The van der Waals surface area contributed by atoms with Gasteiger partial charge in [-0.05, 0) is 27.0 Å². The molecule has 0 unspecified atom stereocenters. The average Bonchev–Trinajstić information content (AvgIpc) is 2.68. The molecule has 3 N–H and O–H groups in total. The first-order valence-corrected chi connectivity index (χ1v) is 11.8. The van der Waals surface area contributed by atoms with E-state index in [1.807, 2.05) is 12.1 Å². The maximum Gasteiger partial charge on any atom is 0.261 e. The lowest BCUT2D eigenvalue weighted by molar-refractivity contribution is 0.311. The molecule has 1 aromatic heterocycles. The van der Waals surface area contributed by atoms with Gasteiger partial charge in [0, 0.05) is 6.54 Å². The Hall–Kier alpha value is -2.48. The van der Waals surface area contributed by atoms with Crippen molar-refractivity contribution in [1.29, 1.82) is 0 Å². The third kappa shape index (κ3) is 4.75. The van der Waals surface area contributed by atoms with Crippen LogP contribution in [0.2, 0.25) is 10.3 Å². The van der Waals surface area contributed by atoms with Gasteiger partial charge in [0.1, 0.15) is 0 Å². The van der Waals surface area contributed by atoms with Crippen LogP contribution in [0.4, 0.5) is 11.9 Å². The number of nitrogens with one attached hydrogen (secondary N) is 1. The van der Waals surface area contributed by atoms with Crippen LogP contribution in [0, 0.1) is 0 Å². The van der Waals surface area contributed by atoms with E-state index >= 15 is 0 Å². The topological polar surface area (TPSA) is 86.0 Å².